The highest BCUT2D eigenvalue weighted by Gasteiger charge is 2.27. The van der Waals surface area contributed by atoms with Gasteiger partial charge in [-0.2, -0.15) is 0 Å². The van der Waals surface area contributed by atoms with Gasteiger partial charge in [0, 0.05) is 29.5 Å². The zero-order valence-electron chi connectivity index (χ0n) is 26.3. The molecule has 6 rings (SSSR count). The van der Waals surface area contributed by atoms with Crippen molar-refractivity contribution in [1.82, 2.24) is 0 Å². The van der Waals surface area contributed by atoms with Crippen LogP contribution in [-0.4, -0.2) is 33.7 Å². The predicted molar refractivity (Wildman–Crippen MR) is 185 cm³/mol. The van der Waals surface area contributed by atoms with E-state index in [1.54, 1.807) is 31.2 Å². The first-order valence-corrected chi connectivity index (χ1v) is 15.4. The van der Waals surface area contributed by atoms with E-state index in [2.05, 4.69) is 0 Å². The molecule has 0 aliphatic rings. The van der Waals surface area contributed by atoms with Crippen molar-refractivity contribution in [3.05, 3.63) is 142 Å². The number of benzene rings is 6. The highest BCUT2D eigenvalue weighted by molar-refractivity contribution is 6.21. The van der Waals surface area contributed by atoms with Crippen molar-refractivity contribution in [2.45, 2.75) is 33.6 Å². The maximum atomic E-state index is 13.9. The van der Waals surface area contributed by atoms with Gasteiger partial charge >= 0.3 is 11.9 Å². The summed E-state index contributed by atoms with van der Waals surface area (Å²) in [5, 5.41) is 22.9. The molecule has 0 fully saturated rings. The summed E-state index contributed by atoms with van der Waals surface area (Å²) >= 11 is 0. The Bertz CT molecular complexity index is 2240. The molecule has 0 saturated carbocycles. The van der Waals surface area contributed by atoms with Gasteiger partial charge in [0.05, 0.1) is 11.1 Å². The monoisotopic (exact) mass is 620 g/mol. The van der Waals surface area contributed by atoms with Gasteiger partial charge in [-0.1, -0.05) is 97.4 Å². The highest BCUT2D eigenvalue weighted by Crippen LogP contribution is 2.42. The number of carbonyl (C=O) groups excluding carboxylic acids is 2. The summed E-state index contributed by atoms with van der Waals surface area (Å²) in [6.45, 7) is 5.57. The van der Waals surface area contributed by atoms with Crippen LogP contribution in [0, 0.1) is 13.8 Å². The average Bonchev–Trinajstić information content (AvgIpc) is 3.07. The van der Waals surface area contributed by atoms with E-state index in [4.69, 9.17) is 0 Å². The first kappa shape index (κ1) is 31.1. The molecule has 6 heteroatoms. The number of aromatic carboxylic acids is 2. The Morgan fingerprint density at radius 3 is 1.81 bits per heavy atom. The van der Waals surface area contributed by atoms with Gasteiger partial charge in [-0.3, -0.25) is 9.59 Å². The van der Waals surface area contributed by atoms with Crippen LogP contribution in [0.5, 0.6) is 0 Å². The summed E-state index contributed by atoms with van der Waals surface area (Å²) in [7, 11) is 0. The minimum atomic E-state index is -1.23. The third-order valence-corrected chi connectivity index (χ3v) is 8.73. The second kappa shape index (κ2) is 12.5. The zero-order chi connectivity index (χ0) is 33.4. The fraction of sp³-hybridized carbons (Fsp3) is 0.122. The Labute approximate surface area is 271 Å². The van der Waals surface area contributed by atoms with Crippen LogP contribution in [0.3, 0.4) is 0 Å². The maximum Gasteiger partial charge on any atom is 0.336 e. The first-order chi connectivity index (χ1) is 22.6. The lowest BCUT2D eigenvalue weighted by Gasteiger charge is -2.20. The van der Waals surface area contributed by atoms with Crippen LogP contribution < -0.4 is 0 Å². The summed E-state index contributed by atoms with van der Waals surface area (Å²) in [5.74, 6) is -3.14. The number of ketones is 2. The van der Waals surface area contributed by atoms with E-state index in [0.717, 1.165) is 27.8 Å². The molecule has 0 saturated heterocycles. The number of carboxylic acid groups (broad SMARTS) is 2. The van der Waals surface area contributed by atoms with Crippen molar-refractivity contribution in [3.8, 4) is 22.3 Å². The van der Waals surface area contributed by atoms with Gasteiger partial charge in [0.25, 0.3) is 0 Å². The zero-order valence-corrected chi connectivity index (χ0v) is 26.3. The third kappa shape index (κ3) is 5.82. The number of aryl methyl sites for hydroxylation is 2. The van der Waals surface area contributed by atoms with Crippen molar-refractivity contribution < 1.29 is 29.4 Å². The summed E-state index contributed by atoms with van der Waals surface area (Å²) in [6, 6.07) is 31.3. The van der Waals surface area contributed by atoms with Crippen molar-refractivity contribution in [2.75, 3.05) is 0 Å². The fourth-order valence-corrected chi connectivity index (χ4v) is 6.30. The van der Waals surface area contributed by atoms with Crippen LogP contribution in [0.25, 0.3) is 43.8 Å². The summed E-state index contributed by atoms with van der Waals surface area (Å²) in [6.07, 6.45) is 0.0726. The smallest absolute Gasteiger partial charge is 0.336 e. The van der Waals surface area contributed by atoms with Gasteiger partial charge in [-0.05, 0) is 81.4 Å². The van der Waals surface area contributed by atoms with Crippen LogP contribution in [0.15, 0.2) is 103 Å². The molecule has 0 bridgehead atoms. The molecule has 0 aliphatic heterocycles. The second-order valence-electron chi connectivity index (χ2n) is 11.8. The molecule has 0 heterocycles. The molecule has 47 heavy (non-hydrogen) atoms. The Morgan fingerprint density at radius 2 is 1.17 bits per heavy atom. The number of Topliss-reactive ketones (excluding diaryl/α,β-unsaturated/α-hetero) is 2. The van der Waals surface area contributed by atoms with Gasteiger partial charge in [-0.15, -0.1) is 0 Å². The maximum absolute atomic E-state index is 13.9. The molecule has 2 N–H and O–H groups in total. The number of hydrogen-bond acceptors (Lipinski definition) is 4. The lowest BCUT2D eigenvalue weighted by molar-refractivity contribution is 0.0683. The van der Waals surface area contributed by atoms with Crippen molar-refractivity contribution >= 4 is 45.0 Å². The quantitative estimate of drug-likeness (QED) is 0.156. The standard InChI is InChI=1S/C41H32O6/c1-4-35(42)38-34(41(46)47)21-28-7-5-6-8-30(28)39(38)37-24(3)11-16-29-20-33(40(44)45)32(22-31(29)37)36(43)19-25-12-17-27(18-13-25)26-14-9-23(2)10-15-26/h5-18,20-22H,4,19H2,1-3H3,(H,44,45)(H,46,47). The van der Waals surface area contributed by atoms with Gasteiger partial charge < -0.3 is 10.2 Å². The van der Waals surface area contributed by atoms with Crippen LogP contribution >= 0.6 is 0 Å². The van der Waals surface area contributed by atoms with E-state index in [-0.39, 0.29) is 46.7 Å². The molecule has 0 radical (unpaired) electrons. The van der Waals surface area contributed by atoms with Crippen LogP contribution in [0.1, 0.15) is 71.5 Å². The molecule has 0 atom stereocenters. The Balaban J connectivity index is 1.54. The molecule has 0 unspecified atom stereocenters. The topological polar surface area (TPSA) is 109 Å². The first-order valence-electron chi connectivity index (χ1n) is 15.4. The molecule has 6 aromatic rings. The molecule has 0 spiro atoms. The highest BCUT2D eigenvalue weighted by atomic mass is 16.4. The van der Waals surface area contributed by atoms with E-state index in [9.17, 15) is 29.4 Å². The molecular formula is C41H32O6. The molecule has 6 aromatic carbocycles. The molecule has 0 amide bonds. The summed E-state index contributed by atoms with van der Waals surface area (Å²) in [5.41, 5.74) is 5.68. The minimum Gasteiger partial charge on any atom is -0.478 e. The van der Waals surface area contributed by atoms with Gasteiger partial charge in [-0.25, -0.2) is 9.59 Å². The van der Waals surface area contributed by atoms with Crippen LogP contribution in [0.4, 0.5) is 0 Å². The molecular weight excluding hydrogens is 588 g/mol. The van der Waals surface area contributed by atoms with Crippen molar-refractivity contribution in [1.29, 1.82) is 0 Å². The number of fused-ring (bicyclic) bond motifs is 2. The Kier molecular flexibility index (Phi) is 8.27. The van der Waals surface area contributed by atoms with Crippen molar-refractivity contribution in [2.24, 2.45) is 0 Å². The normalized spacial score (nSPS) is 11.1. The molecule has 0 aliphatic carbocycles. The minimum absolute atomic E-state index is 0.0158. The molecule has 6 nitrogen and oxygen atoms in total. The summed E-state index contributed by atoms with van der Waals surface area (Å²) < 4.78 is 0. The van der Waals surface area contributed by atoms with E-state index >= 15 is 0 Å². The fourth-order valence-electron chi connectivity index (χ4n) is 6.30. The molecule has 0 aromatic heterocycles. The average molecular weight is 621 g/mol. The molecule has 232 valence electrons. The number of carboxylic acids is 2. The van der Waals surface area contributed by atoms with Gasteiger partial charge in [0.1, 0.15) is 0 Å². The van der Waals surface area contributed by atoms with E-state index in [0.29, 0.717) is 32.7 Å². The summed E-state index contributed by atoms with van der Waals surface area (Å²) in [4.78, 5) is 52.4. The largest absolute Gasteiger partial charge is 0.478 e. The Morgan fingerprint density at radius 1 is 0.574 bits per heavy atom. The lowest BCUT2D eigenvalue weighted by atomic mass is 9.82. The number of rotatable bonds is 9. The van der Waals surface area contributed by atoms with E-state index < -0.39 is 11.9 Å². The third-order valence-electron chi connectivity index (χ3n) is 8.73. The van der Waals surface area contributed by atoms with Gasteiger partial charge in [0.2, 0.25) is 0 Å². The van der Waals surface area contributed by atoms with Crippen LogP contribution in [0.2, 0.25) is 0 Å². The Hall–Kier alpha value is -5.88. The second-order valence-corrected chi connectivity index (χ2v) is 11.8. The predicted octanol–water partition coefficient (Wildman–Crippen LogP) is 9.36. The number of hydrogen-bond donors (Lipinski definition) is 2. The van der Waals surface area contributed by atoms with E-state index in [1.807, 2.05) is 80.6 Å². The van der Waals surface area contributed by atoms with Gasteiger partial charge in [0.15, 0.2) is 11.6 Å². The van der Waals surface area contributed by atoms with Crippen LogP contribution in [-0.2, 0) is 6.42 Å². The lowest BCUT2D eigenvalue weighted by Crippen LogP contribution is -2.12. The SMILES string of the molecule is CCC(=O)c1c(C(=O)O)cc2ccccc2c1-c1c(C)ccc2cc(C(=O)O)c(C(=O)Cc3ccc(-c4ccc(C)cc4)cc3)cc12. The number of carbonyl (C=O) groups is 4. The van der Waals surface area contributed by atoms with E-state index in [1.165, 1.54) is 12.1 Å². The van der Waals surface area contributed by atoms with Crippen molar-refractivity contribution in [3.63, 3.8) is 0 Å².